The van der Waals surface area contributed by atoms with Crippen LogP contribution in [0.4, 0.5) is 0 Å². The lowest BCUT2D eigenvalue weighted by atomic mass is 10.4. The Kier molecular flexibility index (Phi) is 5.98. The summed E-state index contributed by atoms with van der Waals surface area (Å²) in [6, 6.07) is 4.39. The molecule has 0 fully saturated rings. The summed E-state index contributed by atoms with van der Waals surface area (Å²) in [5.74, 6) is 0. The minimum absolute atomic E-state index is 0.794. The Morgan fingerprint density at radius 3 is 1.93 bits per heavy atom. The first-order valence-electron chi connectivity index (χ1n) is 5.96. The van der Waals surface area contributed by atoms with Gasteiger partial charge in [-0.3, -0.25) is 0 Å². The standard InChI is InChI=1S/C12H28Si2/c1-7-13(3,4)11-9-10-12-14(5,6)8-2/h7H,1,8-12H2,2-6H3. The summed E-state index contributed by atoms with van der Waals surface area (Å²) in [6.45, 7) is 16.2. The molecule has 0 radical (unpaired) electrons. The second-order valence-electron chi connectivity index (χ2n) is 5.92. The monoisotopic (exact) mass is 228 g/mol. The quantitative estimate of drug-likeness (QED) is 0.428. The van der Waals surface area contributed by atoms with Gasteiger partial charge in [0.2, 0.25) is 0 Å². The number of hydrogen-bond acceptors (Lipinski definition) is 0. The predicted octanol–water partition coefficient (Wildman–Crippen LogP) is 4.93. The van der Waals surface area contributed by atoms with Crippen molar-refractivity contribution < 1.29 is 0 Å². The first kappa shape index (κ1) is 14.2. The minimum Gasteiger partial charge on any atom is -0.107 e. The summed E-state index contributed by atoms with van der Waals surface area (Å²) in [7, 11) is -1.80. The molecular weight excluding hydrogens is 200 g/mol. The van der Waals surface area contributed by atoms with E-state index < -0.39 is 16.1 Å². The molecule has 0 N–H and O–H groups in total. The zero-order valence-electron chi connectivity index (χ0n) is 10.8. The van der Waals surface area contributed by atoms with E-state index in [1.807, 2.05) is 0 Å². The molecule has 0 aliphatic heterocycles. The fourth-order valence-corrected chi connectivity index (χ4v) is 4.39. The second kappa shape index (κ2) is 5.91. The van der Waals surface area contributed by atoms with Gasteiger partial charge in [0.05, 0.1) is 8.07 Å². The summed E-state index contributed by atoms with van der Waals surface area (Å²) in [5, 5.41) is 0. The van der Waals surface area contributed by atoms with Gasteiger partial charge < -0.3 is 0 Å². The van der Waals surface area contributed by atoms with E-state index in [4.69, 9.17) is 0 Å². The molecule has 0 aliphatic rings. The fourth-order valence-electron chi connectivity index (χ4n) is 1.46. The lowest BCUT2D eigenvalue weighted by Gasteiger charge is -2.21. The summed E-state index contributed by atoms with van der Waals surface area (Å²) >= 11 is 0. The molecule has 0 atom stereocenters. The van der Waals surface area contributed by atoms with Crippen LogP contribution in [-0.2, 0) is 0 Å². The molecule has 0 saturated heterocycles. The van der Waals surface area contributed by atoms with Gasteiger partial charge in [-0.1, -0.05) is 64.1 Å². The Balaban J connectivity index is 3.62. The third kappa shape index (κ3) is 6.60. The van der Waals surface area contributed by atoms with Crippen molar-refractivity contribution in [2.45, 2.75) is 64.1 Å². The Morgan fingerprint density at radius 2 is 1.50 bits per heavy atom. The molecular formula is C12H28Si2. The van der Waals surface area contributed by atoms with Gasteiger partial charge in [-0.15, -0.1) is 12.3 Å². The lowest BCUT2D eigenvalue weighted by molar-refractivity contribution is 0.850. The highest BCUT2D eigenvalue weighted by molar-refractivity contribution is 6.82. The van der Waals surface area contributed by atoms with Crippen LogP contribution in [0.3, 0.4) is 0 Å². The van der Waals surface area contributed by atoms with Crippen molar-refractivity contribution in [3.8, 4) is 0 Å². The molecule has 0 unspecified atom stereocenters. The molecule has 0 aliphatic carbocycles. The molecule has 84 valence electrons. The zero-order chi connectivity index (χ0) is 11.2. The van der Waals surface area contributed by atoms with Crippen LogP contribution in [-0.4, -0.2) is 16.1 Å². The summed E-state index contributed by atoms with van der Waals surface area (Å²) in [5.41, 5.74) is 2.23. The predicted molar refractivity (Wildman–Crippen MR) is 74.5 cm³/mol. The van der Waals surface area contributed by atoms with Gasteiger partial charge in [0.15, 0.2) is 0 Å². The summed E-state index contributed by atoms with van der Waals surface area (Å²) in [6.07, 6.45) is 2.89. The van der Waals surface area contributed by atoms with Crippen LogP contribution in [0.2, 0.25) is 44.3 Å². The Labute approximate surface area is 92.8 Å². The average molecular weight is 229 g/mol. The van der Waals surface area contributed by atoms with Crippen molar-refractivity contribution in [2.24, 2.45) is 0 Å². The van der Waals surface area contributed by atoms with Crippen molar-refractivity contribution >= 4 is 16.1 Å². The van der Waals surface area contributed by atoms with E-state index in [1.54, 1.807) is 0 Å². The van der Waals surface area contributed by atoms with Crippen LogP contribution >= 0.6 is 0 Å². The molecule has 14 heavy (non-hydrogen) atoms. The molecule has 0 heterocycles. The van der Waals surface area contributed by atoms with Crippen molar-refractivity contribution in [3.63, 3.8) is 0 Å². The van der Waals surface area contributed by atoms with Gasteiger partial charge >= 0.3 is 0 Å². The molecule has 2 heteroatoms. The molecule has 0 aromatic rings. The maximum atomic E-state index is 3.95. The van der Waals surface area contributed by atoms with Crippen molar-refractivity contribution in [3.05, 3.63) is 12.3 Å². The Bertz CT molecular complexity index is 171. The molecule has 0 aromatic heterocycles. The third-order valence-corrected chi connectivity index (χ3v) is 9.80. The highest BCUT2D eigenvalue weighted by Gasteiger charge is 2.19. The maximum Gasteiger partial charge on any atom is 0.0709 e. The number of rotatable bonds is 7. The van der Waals surface area contributed by atoms with Crippen molar-refractivity contribution in [1.29, 1.82) is 0 Å². The van der Waals surface area contributed by atoms with E-state index in [2.05, 4.69) is 45.4 Å². The van der Waals surface area contributed by atoms with Crippen LogP contribution in [0.1, 0.15) is 19.8 Å². The normalized spacial score (nSPS) is 12.9. The lowest BCUT2D eigenvalue weighted by Crippen LogP contribution is -2.24. The van der Waals surface area contributed by atoms with Crippen molar-refractivity contribution in [1.82, 2.24) is 0 Å². The van der Waals surface area contributed by atoms with Crippen LogP contribution in [0, 0.1) is 0 Å². The number of unbranched alkanes of at least 4 members (excludes halogenated alkanes) is 1. The van der Waals surface area contributed by atoms with Crippen LogP contribution in [0.25, 0.3) is 0 Å². The van der Waals surface area contributed by atoms with Crippen molar-refractivity contribution in [2.75, 3.05) is 0 Å². The van der Waals surface area contributed by atoms with E-state index in [1.165, 1.54) is 31.0 Å². The van der Waals surface area contributed by atoms with Gasteiger partial charge in [0.1, 0.15) is 0 Å². The molecule has 0 aromatic carbocycles. The molecule has 0 rings (SSSR count). The van der Waals surface area contributed by atoms with Crippen LogP contribution in [0.15, 0.2) is 12.3 Å². The van der Waals surface area contributed by atoms with Gasteiger partial charge in [0.25, 0.3) is 0 Å². The zero-order valence-corrected chi connectivity index (χ0v) is 12.8. The van der Waals surface area contributed by atoms with E-state index in [0.717, 1.165) is 0 Å². The second-order valence-corrected chi connectivity index (χ2v) is 16.3. The third-order valence-electron chi connectivity index (χ3n) is 3.43. The van der Waals surface area contributed by atoms with Crippen LogP contribution in [0.5, 0.6) is 0 Å². The Morgan fingerprint density at radius 1 is 1.00 bits per heavy atom. The van der Waals surface area contributed by atoms with E-state index in [9.17, 15) is 0 Å². The first-order valence-corrected chi connectivity index (χ1v) is 12.7. The summed E-state index contributed by atoms with van der Waals surface area (Å²) < 4.78 is 0. The number of hydrogen-bond donors (Lipinski definition) is 0. The van der Waals surface area contributed by atoms with E-state index in [0.29, 0.717) is 0 Å². The fraction of sp³-hybridized carbons (Fsp3) is 0.833. The van der Waals surface area contributed by atoms with Crippen LogP contribution < -0.4 is 0 Å². The molecule has 0 nitrogen and oxygen atoms in total. The topological polar surface area (TPSA) is 0 Å². The first-order chi connectivity index (χ1) is 6.33. The average Bonchev–Trinajstić information content (AvgIpc) is 2.13. The molecule has 0 bridgehead atoms. The highest BCUT2D eigenvalue weighted by atomic mass is 28.3. The maximum absolute atomic E-state index is 3.95. The SMILES string of the molecule is C=C[Si](C)(C)CCCC[Si](C)(C)CC. The Hall–Kier alpha value is 0.174. The van der Waals surface area contributed by atoms with E-state index in [-0.39, 0.29) is 0 Å². The minimum atomic E-state index is -1.00. The molecule has 0 saturated carbocycles. The smallest absolute Gasteiger partial charge is 0.0709 e. The largest absolute Gasteiger partial charge is 0.107 e. The highest BCUT2D eigenvalue weighted by Crippen LogP contribution is 2.21. The van der Waals surface area contributed by atoms with E-state index >= 15 is 0 Å². The van der Waals surface area contributed by atoms with Gasteiger partial charge in [-0.2, -0.15) is 0 Å². The molecule has 0 amide bonds. The van der Waals surface area contributed by atoms with Gasteiger partial charge in [-0.25, -0.2) is 0 Å². The molecule has 0 spiro atoms. The van der Waals surface area contributed by atoms with Gasteiger partial charge in [0, 0.05) is 8.07 Å². The summed E-state index contributed by atoms with van der Waals surface area (Å²) in [4.78, 5) is 0. The van der Waals surface area contributed by atoms with Gasteiger partial charge in [-0.05, 0) is 0 Å².